The fraction of sp³-hybridized carbons (Fsp3) is 0.609. The minimum Gasteiger partial charge on any atom is -0.462 e. The van der Waals surface area contributed by atoms with E-state index in [2.05, 4.69) is 154 Å². The van der Waals surface area contributed by atoms with E-state index in [1.165, 1.54) is 70.6 Å². The SMILES string of the molecule is CC/C=C\C/C=C\C/C=C\C/C=C\C/C=C\C/C=C\CCCCCCCCCCCCC(=O)OCC(COC(=O)CCCCCCCC)OC(=O)CCC/C=C\C/C=C\C/C=C\C/C=C\C/C=C\CC. The molecule has 0 radical (unpaired) electrons. The Morgan fingerprint density at radius 2 is 0.571 bits per heavy atom. The minimum absolute atomic E-state index is 0.105. The van der Waals surface area contributed by atoms with E-state index in [0.717, 1.165) is 116 Å². The lowest BCUT2D eigenvalue weighted by atomic mass is 10.1. The maximum absolute atomic E-state index is 12.8. The van der Waals surface area contributed by atoms with Gasteiger partial charge in [-0.1, -0.05) is 238 Å². The Balaban J connectivity index is 4.20. The molecule has 0 spiro atoms. The van der Waals surface area contributed by atoms with Gasteiger partial charge in [0.2, 0.25) is 0 Å². The average molecular weight is 968 g/mol. The largest absolute Gasteiger partial charge is 0.462 e. The second-order valence-electron chi connectivity index (χ2n) is 18.1. The summed E-state index contributed by atoms with van der Waals surface area (Å²) in [6.07, 6.45) is 80.5. The number of carbonyl (C=O) groups excluding carboxylic acids is 3. The molecular weight excluding hydrogens is 865 g/mol. The molecule has 0 bridgehead atoms. The Kier molecular flexibility index (Phi) is 53.5. The molecule has 0 aliphatic heterocycles. The van der Waals surface area contributed by atoms with Crippen molar-refractivity contribution in [2.24, 2.45) is 0 Å². The highest BCUT2D eigenvalue weighted by Crippen LogP contribution is 2.14. The second-order valence-corrected chi connectivity index (χ2v) is 18.1. The third-order valence-electron chi connectivity index (χ3n) is 11.4. The predicted octanol–water partition coefficient (Wildman–Crippen LogP) is 19.0. The lowest BCUT2D eigenvalue weighted by Gasteiger charge is -2.18. The van der Waals surface area contributed by atoms with Gasteiger partial charge in [0.05, 0.1) is 0 Å². The van der Waals surface area contributed by atoms with Crippen molar-refractivity contribution < 1.29 is 28.6 Å². The summed E-state index contributed by atoms with van der Waals surface area (Å²) in [5.41, 5.74) is 0. The average Bonchev–Trinajstić information content (AvgIpc) is 3.36. The predicted molar refractivity (Wildman–Crippen MR) is 302 cm³/mol. The highest BCUT2D eigenvalue weighted by Gasteiger charge is 2.19. The first kappa shape index (κ1) is 65.5. The zero-order valence-electron chi connectivity index (χ0n) is 45.0. The molecule has 0 saturated heterocycles. The van der Waals surface area contributed by atoms with Crippen LogP contribution in [0.15, 0.2) is 134 Å². The molecule has 0 rings (SSSR count). The van der Waals surface area contributed by atoms with Crippen LogP contribution in [-0.2, 0) is 28.6 Å². The van der Waals surface area contributed by atoms with E-state index >= 15 is 0 Å². The van der Waals surface area contributed by atoms with Gasteiger partial charge in [-0.2, -0.15) is 0 Å². The highest BCUT2D eigenvalue weighted by atomic mass is 16.6. The molecule has 1 atom stereocenters. The van der Waals surface area contributed by atoms with Crippen molar-refractivity contribution in [1.82, 2.24) is 0 Å². The van der Waals surface area contributed by atoms with Gasteiger partial charge in [0.1, 0.15) is 13.2 Å². The fourth-order valence-electron chi connectivity index (χ4n) is 7.24. The molecule has 0 amide bonds. The first-order valence-electron chi connectivity index (χ1n) is 28.2. The van der Waals surface area contributed by atoms with Gasteiger partial charge in [0, 0.05) is 19.3 Å². The summed E-state index contributed by atoms with van der Waals surface area (Å²) in [5, 5.41) is 0. The summed E-state index contributed by atoms with van der Waals surface area (Å²) >= 11 is 0. The van der Waals surface area contributed by atoms with Crippen LogP contribution in [0.5, 0.6) is 0 Å². The Bertz CT molecular complexity index is 1530. The van der Waals surface area contributed by atoms with Crippen molar-refractivity contribution in [2.75, 3.05) is 13.2 Å². The van der Waals surface area contributed by atoms with Crippen LogP contribution >= 0.6 is 0 Å². The van der Waals surface area contributed by atoms with Crippen LogP contribution in [0.4, 0.5) is 0 Å². The van der Waals surface area contributed by atoms with Crippen molar-refractivity contribution in [3.8, 4) is 0 Å². The van der Waals surface area contributed by atoms with Gasteiger partial charge in [-0.3, -0.25) is 14.4 Å². The number of carbonyl (C=O) groups is 3. The van der Waals surface area contributed by atoms with E-state index in [1.807, 2.05) is 0 Å². The molecule has 0 saturated carbocycles. The summed E-state index contributed by atoms with van der Waals surface area (Å²) in [6.45, 7) is 6.28. The number of esters is 3. The van der Waals surface area contributed by atoms with E-state index in [9.17, 15) is 14.4 Å². The van der Waals surface area contributed by atoms with Crippen LogP contribution in [0.25, 0.3) is 0 Å². The van der Waals surface area contributed by atoms with E-state index in [0.29, 0.717) is 19.3 Å². The summed E-state index contributed by atoms with van der Waals surface area (Å²) < 4.78 is 16.7. The smallest absolute Gasteiger partial charge is 0.306 e. The van der Waals surface area contributed by atoms with Gasteiger partial charge >= 0.3 is 17.9 Å². The first-order valence-corrected chi connectivity index (χ1v) is 28.2. The molecule has 70 heavy (non-hydrogen) atoms. The lowest BCUT2D eigenvalue weighted by Crippen LogP contribution is -2.30. The molecular formula is C64H102O6. The minimum atomic E-state index is -0.810. The molecule has 6 nitrogen and oxygen atoms in total. The van der Waals surface area contributed by atoms with Gasteiger partial charge < -0.3 is 14.2 Å². The zero-order valence-corrected chi connectivity index (χ0v) is 45.0. The van der Waals surface area contributed by atoms with Crippen LogP contribution in [-0.4, -0.2) is 37.2 Å². The van der Waals surface area contributed by atoms with Crippen molar-refractivity contribution >= 4 is 17.9 Å². The van der Waals surface area contributed by atoms with Gasteiger partial charge in [-0.05, 0) is 109 Å². The van der Waals surface area contributed by atoms with Gasteiger partial charge in [0.25, 0.3) is 0 Å². The Labute approximate surface area is 430 Å². The van der Waals surface area contributed by atoms with E-state index in [4.69, 9.17) is 14.2 Å². The Morgan fingerprint density at radius 3 is 0.914 bits per heavy atom. The molecule has 0 aliphatic carbocycles. The normalized spacial score (nSPS) is 13.1. The van der Waals surface area contributed by atoms with Gasteiger partial charge in [0.15, 0.2) is 6.10 Å². The van der Waals surface area contributed by atoms with Crippen molar-refractivity contribution in [1.29, 1.82) is 0 Å². The van der Waals surface area contributed by atoms with Crippen molar-refractivity contribution in [3.05, 3.63) is 134 Å². The maximum atomic E-state index is 12.8. The quantitative estimate of drug-likeness (QED) is 0.0262. The molecule has 0 heterocycles. The molecule has 0 N–H and O–H groups in total. The number of unbranched alkanes of at least 4 members (excludes halogenated alkanes) is 16. The molecule has 1 unspecified atom stereocenters. The van der Waals surface area contributed by atoms with Crippen molar-refractivity contribution in [3.63, 3.8) is 0 Å². The van der Waals surface area contributed by atoms with E-state index < -0.39 is 6.10 Å². The van der Waals surface area contributed by atoms with Crippen LogP contribution in [0.1, 0.15) is 233 Å². The van der Waals surface area contributed by atoms with E-state index in [1.54, 1.807) is 0 Å². The molecule has 0 aromatic carbocycles. The summed E-state index contributed by atoms with van der Waals surface area (Å²) in [5.74, 6) is -0.985. The third-order valence-corrected chi connectivity index (χ3v) is 11.4. The first-order chi connectivity index (χ1) is 34.5. The summed E-state index contributed by atoms with van der Waals surface area (Å²) in [6, 6.07) is 0. The Morgan fingerprint density at radius 1 is 0.300 bits per heavy atom. The molecule has 0 aliphatic rings. The third kappa shape index (κ3) is 54.5. The van der Waals surface area contributed by atoms with Crippen LogP contribution in [0, 0.1) is 0 Å². The zero-order chi connectivity index (χ0) is 50.7. The summed E-state index contributed by atoms with van der Waals surface area (Å²) in [4.78, 5) is 37.8. The maximum Gasteiger partial charge on any atom is 0.306 e. The molecule has 6 heteroatoms. The van der Waals surface area contributed by atoms with Gasteiger partial charge in [-0.25, -0.2) is 0 Å². The van der Waals surface area contributed by atoms with E-state index in [-0.39, 0.29) is 37.5 Å². The highest BCUT2D eigenvalue weighted by molar-refractivity contribution is 5.71. The number of allylic oxidation sites excluding steroid dienone is 22. The van der Waals surface area contributed by atoms with Crippen molar-refractivity contribution in [2.45, 2.75) is 239 Å². The molecule has 0 aromatic heterocycles. The molecule has 0 aromatic rings. The molecule has 0 fully saturated rings. The van der Waals surface area contributed by atoms with Gasteiger partial charge in [-0.15, -0.1) is 0 Å². The van der Waals surface area contributed by atoms with Crippen LogP contribution in [0.2, 0.25) is 0 Å². The Hall–Kier alpha value is -4.45. The number of hydrogen-bond donors (Lipinski definition) is 0. The van der Waals surface area contributed by atoms with Crippen LogP contribution in [0.3, 0.4) is 0 Å². The fourth-order valence-corrected chi connectivity index (χ4v) is 7.24. The number of rotatable bonds is 49. The standard InChI is InChI=1S/C64H102O6/c1-4-7-10-13-16-18-20-22-24-26-27-28-29-30-31-32-33-34-35-36-37-39-40-42-44-46-48-51-54-57-63(66)69-60-61(59-68-62(65)56-53-50-15-12-9-6-3)70-64(67)58-55-52-49-47-45-43-41-38-25-23-21-19-17-14-11-8-5-2/h7-8,10-11,16-19,22-25,27-28,30-31,33-34,41,43,47,49,61H,4-6,9,12-15,20-21,26,29,32,35-40,42,44-46,48,50-60H2,1-3H3/b10-7-,11-8-,18-16-,19-17-,24-22-,25-23-,28-27-,31-30-,34-33-,43-41-,49-47-. The molecule has 394 valence electrons. The lowest BCUT2D eigenvalue weighted by molar-refractivity contribution is -0.167. The van der Waals surface area contributed by atoms with Crippen LogP contribution < -0.4 is 0 Å². The number of ether oxygens (including phenoxy) is 3. The second kappa shape index (κ2) is 57.1. The monoisotopic (exact) mass is 967 g/mol. The summed E-state index contributed by atoms with van der Waals surface area (Å²) in [7, 11) is 0. The number of hydrogen-bond acceptors (Lipinski definition) is 6. The topological polar surface area (TPSA) is 78.9 Å².